The van der Waals surface area contributed by atoms with Crippen molar-refractivity contribution in [1.29, 1.82) is 0 Å². The molecule has 0 N–H and O–H groups in total. The van der Waals surface area contributed by atoms with Crippen molar-refractivity contribution in [2.24, 2.45) is 5.92 Å². The number of sulfone groups is 1. The number of pyridine rings is 1. The van der Waals surface area contributed by atoms with Crippen molar-refractivity contribution in [3.63, 3.8) is 0 Å². The van der Waals surface area contributed by atoms with Crippen LogP contribution in [0.25, 0.3) is 5.69 Å². The summed E-state index contributed by atoms with van der Waals surface area (Å²) in [4.78, 5) is 26.2. The number of aromatic nitrogens is 1. The first-order valence-corrected chi connectivity index (χ1v) is 11.5. The minimum absolute atomic E-state index is 0.184. The van der Waals surface area contributed by atoms with Gasteiger partial charge in [-0.25, -0.2) is 13.2 Å². The molecule has 3 rings (SSSR count). The van der Waals surface area contributed by atoms with Crippen molar-refractivity contribution < 1.29 is 22.7 Å². The maximum absolute atomic E-state index is 12.4. The van der Waals surface area contributed by atoms with Crippen LogP contribution in [0.1, 0.15) is 20.8 Å². The van der Waals surface area contributed by atoms with Gasteiger partial charge in [-0.1, -0.05) is 0 Å². The first kappa shape index (κ1) is 21.9. The maximum Gasteiger partial charge on any atom is 0.410 e. The smallest absolute Gasteiger partial charge is 0.410 e. The van der Waals surface area contributed by atoms with E-state index in [1.165, 1.54) is 22.8 Å². The molecule has 1 aromatic heterocycles. The molecule has 1 amide bonds. The van der Waals surface area contributed by atoms with E-state index >= 15 is 0 Å². The van der Waals surface area contributed by atoms with E-state index in [2.05, 4.69) is 0 Å². The highest BCUT2D eigenvalue weighted by molar-refractivity contribution is 7.90. The van der Waals surface area contributed by atoms with Crippen LogP contribution >= 0.6 is 0 Å². The zero-order valence-corrected chi connectivity index (χ0v) is 18.3. The molecule has 0 atom stereocenters. The van der Waals surface area contributed by atoms with Crippen LogP contribution < -0.4 is 10.3 Å². The fraction of sp³-hybridized carbons (Fsp3) is 0.429. The summed E-state index contributed by atoms with van der Waals surface area (Å²) < 4.78 is 35.5. The third-order valence-corrected chi connectivity index (χ3v) is 5.66. The number of ether oxygens (including phenoxy) is 2. The van der Waals surface area contributed by atoms with Crippen molar-refractivity contribution in [2.75, 3.05) is 26.0 Å². The van der Waals surface area contributed by atoms with Crippen molar-refractivity contribution >= 4 is 15.9 Å². The van der Waals surface area contributed by atoms with E-state index < -0.39 is 15.4 Å². The molecular weight excluding hydrogens is 408 g/mol. The number of carbonyl (C=O) groups is 1. The number of likely N-dealkylation sites (tertiary alicyclic amines) is 1. The van der Waals surface area contributed by atoms with Gasteiger partial charge in [0.05, 0.1) is 11.5 Å². The van der Waals surface area contributed by atoms with Crippen LogP contribution in [0.15, 0.2) is 52.3 Å². The summed E-state index contributed by atoms with van der Waals surface area (Å²) in [5.74, 6) is 0.628. The number of benzene rings is 1. The zero-order valence-electron chi connectivity index (χ0n) is 17.5. The van der Waals surface area contributed by atoms with Crippen LogP contribution in [0.2, 0.25) is 0 Å². The number of hydrogen-bond acceptors (Lipinski definition) is 6. The first-order valence-electron chi connectivity index (χ1n) is 9.56. The van der Waals surface area contributed by atoms with Crippen molar-refractivity contribution in [3.05, 3.63) is 52.9 Å². The van der Waals surface area contributed by atoms with Gasteiger partial charge in [0, 0.05) is 43.2 Å². The molecule has 8 nitrogen and oxygen atoms in total. The van der Waals surface area contributed by atoms with Crippen LogP contribution in [0.3, 0.4) is 0 Å². The van der Waals surface area contributed by atoms with E-state index in [0.717, 1.165) is 6.26 Å². The van der Waals surface area contributed by atoms with Gasteiger partial charge in [-0.15, -0.1) is 0 Å². The maximum atomic E-state index is 12.4. The van der Waals surface area contributed by atoms with E-state index in [9.17, 15) is 18.0 Å². The zero-order chi connectivity index (χ0) is 22.1. The lowest BCUT2D eigenvalue weighted by molar-refractivity contribution is -0.00782. The first-order chi connectivity index (χ1) is 13.9. The predicted molar refractivity (Wildman–Crippen MR) is 112 cm³/mol. The Hall–Kier alpha value is -2.81. The van der Waals surface area contributed by atoms with E-state index in [-0.39, 0.29) is 22.5 Å². The molecule has 1 saturated heterocycles. The Morgan fingerprint density at radius 1 is 1.13 bits per heavy atom. The lowest BCUT2D eigenvalue weighted by Crippen LogP contribution is -2.53. The van der Waals surface area contributed by atoms with Crippen LogP contribution in [0.4, 0.5) is 4.79 Å². The summed E-state index contributed by atoms with van der Waals surface area (Å²) >= 11 is 0. The quantitative estimate of drug-likeness (QED) is 0.718. The van der Waals surface area contributed by atoms with Gasteiger partial charge < -0.3 is 14.4 Å². The summed E-state index contributed by atoms with van der Waals surface area (Å²) in [5.41, 5.74) is -0.247. The van der Waals surface area contributed by atoms with Gasteiger partial charge in [0.25, 0.3) is 5.56 Å². The monoisotopic (exact) mass is 434 g/mol. The molecule has 0 aliphatic carbocycles. The highest BCUT2D eigenvalue weighted by atomic mass is 32.2. The molecule has 0 unspecified atom stereocenters. The predicted octanol–water partition coefficient (Wildman–Crippen LogP) is 2.49. The normalized spacial score (nSPS) is 14.9. The molecule has 1 fully saturated rings. The van der Waals surface area contributed by atoms with Crippen LogP contribution in [-0.2, 0) is 14.6 Å². The second kappa shape index (κ2) is 8.14. The highest BCUT2D eigenvalue weighted by Crippen LogP contribution is 2.21. The fourth-order valence-electron chi connectivity index (χ4n) is 2.98. The second-order valence-electron chi connectivity index (χ2n) is 8.40. The number of hydrogen-bond donors (Lipinski definition) is 0. The van der Waals surface area contributed by atoms with Gasteiger partial charge in [0.1, 0.15) is 11.4 Å². The van der Waals surface area contributed by atoms with Gasteiger partial charge >= 0.3 is 6.09 Å². The molecule has 0 saturated carbocycles. The van der Waals surface area contributed by atoms with E-state index in [4.69, 9.17) is 9.47 Å². The molecule has 0 radical (unpaired) electrons. The fourth-order valence-corrected chi connectivity index (χ4v) is 3.61. The van der Waals surface area contributed by atoms with E-state index in [1.807, 2.05) is 20.8 Å². The van der Waals surface area contributed by atoms with Gasteiger partial charge in [0.15, 0.2) is 9.84 Å². The summed E-state index contributed by atoms with van der Waals surface area (Å²) in [7, 11) is -3.29. The van der Waals surface area contributed by atoms with Crippen LogP contribution in [0.5, 0.6) is 5.75 Å². The lowest BCUT2D eigenvalue weighted by atomic mass is 10.0. The summed E-state index contributed by atoms with van der Waals surface area (Å²) in [5, 5.41) is 0. The second-order valence-corrected chi connectivity index (χ2v) is 10.4. The van der Waals surface area contributed by atoms with Crippen LogP contribution in [0, 0.1) is 5.92 Å². The van der Waals surface area contributed by atoms with E-state index in [0.29, 0.717) is 31.1 Å². The molecule has 1 aliphatic heterocycles. The Morgan fingerprint density at radius 2 is 1.77 bits per heavy atom. The molecule has 0 bridgehead atoms. The summed E-state index contributed by atoms with van der Waals surface area (Å²) in [6.45, 7) is 6.98. The number of amides is 1. The van der Waals surface area contributed by atoms with Crippen molar-refractivity contribution in [3.8, 4) is 11.4 Å². The Kier molecular flexibility index (Phi) is 5.94. The van der Waals surface area contributed by atoms with E-state index in [1.54, 1.807) is 29.3 Å². The summed E-state index contributed by atoms with van der Waals surface area (Å²) in [6, 6.07) is 9.16. The molecular formula is C21H26N2O6S. The van der Waals surface area contributed by atoms with Gasteiger partial charge in [0.2, 0.25) is 0 Å². The van der Waals surface area contributed by atoms with Gasteiger partial charge in [-0.2, -0.15) is 0 Å². The Bertz CT molecular complexity index is 1080. The Morgan fingerprint density at radius 3 is 2.30 bits per heavy atom. The molecule has 1 aromatic carbocycles. The SMILES string of the molecule is CC(C)(C)OC(=O)N1CC(COc2ccn(-c3ccc(S(C)(=O)=O)cc3)c(=O)c2)C1. The van der Waals surface area contributed by atoms with Gasteiger partial charge in [-0.3, -0.25) is 9.36 Å². The molecule has 162 valence electrons. The number of rotatable bonds is 5. The minimum atomic E-state index is -3.29. The third kappa shape index (κ3) is 5.41. The molecule has 1 aliphatic rings. The minimum Gasteiger partial charge on any atom is -0.493 e. The number of nitrogens with zero attached hydrogens (tertiary/aromatic N) is 2. The standard InChI is InChI=1S/C21H26N2O6S/c1-21(2,3)29-20(25)22-12-15(13-22)14-28-17-9-10-23(19(24)11-17)16-5-7-18(8-6-16)30(4,26)27/h5-11,15H,12-14H2,1-4H3. The average molecular weight is 435 g/mol. The molecule has 2 heterocycles. The highest BCUT2D eigenvalue weighted by Gasteiger charge is 2.34. The van der Waals surface area contributed by atoms with Crippen LogP contribution in [-0.4, -0.2) is 55.5 Å². The lowest BCUT2D eigenvalue weighted by Gasteiger charge is -2.39. The third-order valence-electron chi connectivity index (χ3n) is 4.53. The molecule has 0 spiro atoms. The average Bonchev–Trinajstić information content (AvgIpc) is 2.58. The van der Waals surface area contributed by atoms with Crippen molar-refractivity contribution in [1.82, 2.24) is 9.47 Å². The number of carbonyl (C=O) groups excluding carboxylic acids is 1. The Labute approximate surface area is 175 Å². The topological polar surface area (TPSA) is 94.9 Å². The molecule has 9 heteroatoms. The summed E-state index contributed by atoms with van der Waals surface area (Å²) in [6.07, 6.45) is 2.39. The van der Waals surface area contributed by atoms with Gasteiger partial charge in [-0.05, 0) is 51.1 Å². The molecule has 2 aromatic rings. The largest absolute Gasteiger partial charge is 0.493 e. The molecule has 30 heavy (non-hydrogen) atoms. The Balaban J connectivity index is 1.56. The van der Waals surface area contributed by atoms with Crippen molar-refractivity contribution in [2.45, 2.75) is 31.3 Å².